The van der Waals surface area contributed by atoms with Crippen LogP contribution in [0.1, 0.15) is 27.7 Å². The summed E-state index contributed by atoms with van der Waals surface area (Å²) in [6.45, 7) is 8.63. The maximum absolute atomic E-state index is 3.39. The Morgan fingerprint density at radius 2 is 0.833 bits per heavy atom. The van der Waals surface area contributed by atoms with E-state index in [1.54, 1.807) is 23.3 Å². The van der Waals surface area contributed by atoms with Gasteiger partial charge in [0.2, 0.25) is 0 Å². The van der Waals surface area contributed by atoms with Crippen LogP contribution in [0.2, 0.25) is 0 Å². The Morgan fingerprint density at radius 3 is 1.17 bits per heavy atom. The van der Waals surface area contributed by atoms with E-state index in [1.807, 2.05) is 0 Å². The second-order valence-electron chi connectivity index (χ2n) is 11.8. The van der Waals surface area contributed by atoms with Gasteiger partial charge in [0.1, 0.15) is 0 Å². The van der Waals surface area contributed by atoms with E-state index >= 15 is 0 Å². The molecule has 2 aliphatic heterocycles. The third-order valence-corrected chi connectivity index (χ3v) is 14.3. The molecule has 2 nitrogen and oxygen atoms in total. The van der Waals surface area contributed by atoms with Crippen molar-refractivity contribution in [3.8, 4) is 0 Å². The Labute approximate surface area is 314 Å². The Morgan fingerprint density at radius 1 is 0.521 bits per heavy atom. The SMILES string of the molecule is CC1=[C-]C2=CC(C)N(c3ccccc3)C2=C1.CC1=[C-]C2=CC(C)N(c3ccccc3)C2=C1.[Cl-].[Cl-].[Zr+2]=[Si](c1ccccc1)c1ccccc1. The van der Waals surface area contributed by atoms with Crippen LogP contribution >= 0.6 is 0 Å². The molecule has 2 heterocycles. The first kappa shape index (κ1) is 37.4. The Kier molecular flexibility index (Phi) is 13.5. The van der Waals surface area contributed by atoms with Crippen LogP contribution in [-0.2, 0) is 23.3 Å². The summed E-state index contributed by atoms with van der Waals surface area (Å²) in [4.78, 5) is 4.72. The summed E-state index contributed by atoms with van der Waals surface area (Å²) in [6, 6.07) is 43.6. The van der Waals surface area contributed by atoms with E-state index in [1.165, 1.54) is 55.4 Å². The van der Waals surface area contributed by atoms with E-state index in [2.05, 4.69) is 195 Å². The molecule has 2 unspecified atom stereocenters. The van der Waals surface area contributed by atoms with Crippen LogP contribution in [0.25, 0.3) is 0 Å². The third kappa shape index (κ3) is 8.60. The average Bonchev–Trinajstić information content (AvgIpc) is 3.80. The van der Waals surface area contributed by atoms with Crippen LogP contribution in [0.3, 0.4) is 0 Å². The van der Waals surface area contributed by atoms with Crippen molar-refractivity contribution in [2.24, 2.45) is 0 Å². The first-order valence-corrected chi connectivity index (χ1v) is 21.0. The van der Waals surface area contributed by atoms with Gasteiger partial charge in [0.15, 0.2) is 0 Å². The molecule has 0 aromatic heterocycles. The summed E-state index contributed by atoms with van der Waals surface area (Å²) < 4.78 is 0. The summed E-state index contributed by atoms with van der Waals surface area (Å²) >= 11 is 1.64. The van der Waals surface area contributed by atoms with Gasteiger partial charge in [-0.1, -0.05) is 61.6 Å². The molecule has 2 aliphatic carbocycles. The van der Waals surface area contributed by atoms with Crippen LogP contribution in [0.15, 0.2) is 179 Å². The number of benzene rings is 4. The summed E-state index contributed by atoms with van der Waals surface area (Å²) in [5, 5.41) is 3.03. The topological polar surface area (TPSA) is 6.48 Å². The second kappa shape index (κ2) is 17.3. The molecular formula is C42H38Cl2N2SiZr-2. The van der Waals surface area contributed by atoms with Crippen molar-refractivity contribution in [2.45, 2.75) is 39.8 Å². The van der Waals surface area contributed by atoms with Gasteiger partial charge in [-0.2, -0.15) is 0 Å². The minimum atomic E-state index is -0.455. The predicted octanol–water partition coefficient (Wildman–Crippen LogP) is 2.28. The number of anilines is 2. The van der Waals surface area contributed by atoms with E-state index in [4.69, 9.17) is 0 Å². The Bertz CT molecular complexity index is 1760. The molecule has 0 radical (unpaired) electrons. The molecule has 6 heteroatoms. The van der Waals surface area contributed by atoms with Crippen molar-refractivity contribution >= 4 is 27.2 Å². The zero-order chi connectivity index (χ0) is 32.0. The second-order valence-corrected chi connectivity index (χ2v) is 17.4. The fourth-order valence-electron chi connectivity index (χ4n) is 6.22. The summed E-state index contributed by atoms with van der Waals surface area (Å²) in [5.41, 5.74) is 9.55. The summed E-state index contributed by atoms with van der Waals surface area (Å²) in [6.07, 6.45) is 15.7. The van der Waals surface area contributed by atoms with Crippen LogP contribution < -0.4 is 45.0 Å². The van der Waals surface area contributed by atoms with Gasteiger partial charge in [-0.3, -0.25) is 0 Å². The van der Waals surface area contributed by atoms with Gasteiger partial charge in [-0.05, 0) is 38.1 Å². The normalized spacial score (nSPS) is 18.0. The van der Waals surface area contributed by atoms with E-state index < -0.39 is 5.43 Å². The van der Waals surface area contributed by atoms with Gasteiger partial charge >= 0.3 is 99.8 Å². The number of hydrogen-bond acceptors (Lipinski definition) is 2. The molecule has 48 heavy (non-hydrogen) atoms. The maximum atomic E-state index is 3.39. The monoisotopic (exact) mass is 758 g/mol. The molecular weight excluding hydrogens is 723 g/mol. The van der Waals surface area contributed by atoms with E-state index in [0.717, 1.165) is 0 Å². The first-order chi connectivity index (χ1) is 22.4. The number of hydrogen-bond donors (Lipinski definition) is 0. The Hall–Kier alpha value is -3.40. The first-order valence-electron chi connectivity index (χ1n) is 15.9. The number of halogens is 2. The summed E-state index contributed by atoms with van der Waals surface area (Å²) in [5.74, 6) is 0. The molecule has 0 amide bonds. The van der Waals surface area contributed by atoms with Crippen LogP contribution in [0.4, 0.5) is 11.4 Å². The molecule has 4 aromatic rings. The Balaban J connectivity index is 0.000000160. The molecule has 0 saturated heterocycles. The van der Waals surface area contributed by atoms with Crippen molar-refractivity contribution in [3.05, 3.63) is 191 Å². The number of nitrogens with zero attached hydrogens (tertiary/aromatic N) is 2. The van der Waals surface area contributed by atoms with Crippen molar-refractivity contribution in [3.63, 3.8) is 0 Å². The number of para-hydroxylation sites is 2. The van der Waals surface area contributed by atoms with Gasteiger partial charge in [-0.25, -0.2) is 0 Å². The number of fused-ring (bicyclic) bond motifs is 2. The van der Waals surface area contributed by atoms with Crippen molar-refractivity contribution in [1.29, 1.82) is 0 Å². The quantitative estimate of drug-likeness (QED) is 0.233. The molecule has 0 N–H and O–H groups in total. The molecule has 0 bridgehead atoms. The standard InChI is InChI=1S/2C15H14N.C12H10Si.2ClH.Zr/c2*1-11-8-13-10-12(2)16(15(13)9-11)14-6-4-3-5-7-14;1-3-7-11(8-4-1)13-12-9-5-2-6-10-12;;;/h2*3-7,9-10,12H,1-2H3;1-10H;2*1H;/q2*-1;;;;+2/p-2. The van der Waals surface area contributed by atoms with Crippen molar-refractivity contribution in [1.82, 2.24) is 0 Å². The van der Waals surface area contributed by atoms with Gasteiger partial charge in [-0.15, -0.1) is 58.7 Å². The van der Waals surface area contributed by atoms with Gasteiger partial charge in [0, 0.05) is 23.5 Å². The summed E-state index contributed by atoms with van der Waals surface area (Å²) in [7, 11) is 0. The van der Waals surface area contributed by atoms with Crippen molar-refractivity contribution < 1.29 is 48.1 Å². The third-order valence-electron chi connectivity index (χ3n) is 8.27. The molecule has 8 rings (SSSR count). The fraction of sp³-hybridized carbons (Fsp3) is 0.143. The molecule has 0 spiro atoms. The molecule has 240 valence electrons. The number of rotatable bonds is 4. The number of allylic oxidation sites excluding steroid dienone is 6. The van der Waals surface area contributed by atoms with Gasteiger partial charge in [0.25, 0.3) is 0 Å². The molecule has 4 aromatic carbocycles. The average molecular weight is 761 g/mol. The van der Waals surface area contributed by atoms with Crippen LogP contribution in [0.5, 0.6) is 0 Å². The van der Waals surface area contributed by atoms with E-state index in [-0.39, 0.29) is 24.8 Å². The fourth-order valence-corrected chi connectivity index (χ4v) is 10.1. The molecule has 4 aliphatic rings. The zero-order valence-corrected chi connectivity index (χ0v) is 32.6. The van der Waals surface area contributed by atoms with Gasteiger partial charge in [0.05, 0.1) is 0 Å². The van der Waals surface area contributed by atoms with Crippen LogP contribution in [-0.4, -0.2) is 17.5 Å². The molecule has 2 atom stereocenters. The molecule has 0 fully saturated rings. The zero-order valence-electron chi connectivity index (χ0n) is 27.7. The predicted molar refractivity (Wildman–Crippen MR) is 192 cm³/mol. The van der Waals surface area contributed by atoms with E-state index in [0.29, 0.717) is 12.1 Å². The van der Waals surface area contributed by atoms with Crippen molar-refractivity contribution in [2.75, 3.05) is 9.80 Å². The van der Waals surface area contributed by atoms with Crippen LogP contribution in [0, 0.1) is 12.2 Å². The molecule has 0 saturated carbocycles. The van der Waals surface area contributed by atoms with Gasteiger partial charge < -0.3 is 34.6 Å². The minimum absolute atomic E-state index is 0. The van der Waals surface area contributed by atoms with E-state index in [9.17, 15) is 0 Å².